The van der Waals surface area contributed by atoms with Crippen molar-refractivity contribution in [3.05, 3.63) is 65.7 Å². The van der Waals surface area contributed by atoms with E-state index in [1.165, 1.54) is 11.1 Å². The van der Waals surface area contributed by atoms with Gasteiger partial charge in [-0.1, -0.05) is 48.5 Å². The van der Waals surface area contributed by atoms with Crippen molar-refractivity contribution in [1.82, 2.24) is 5.32 Å². The third-order valence-electron chi connectivity index (χ3n) is 3.85. The number of hydrogen-bond donors (Lipinski definition) is 1. The predicted molar refractivity (Wildman–Crippen MR) is 77.4 cm³/mol. The highest BCUT2D eigenvalue weighted by molar-refractivity contribution is 5.36. The Hall–Kier alpha value is -1.80. The molecule has 0 amide bonds. The number of rotatable bonds is 3. The molecule has 0 saturated heterocycles. The predicted octanol–water partition coefficient (Wildman–Crippen LogP) is 3.20. The van der Waals surface area contributed by atoms with Crippen LogP contribution in [0.15, 0.2) is 54.6 Å². The van der Waals surface area contributed by atoms with E-state index in [2.05, 4.69) is 53.8 Å². The van der Waals surface area contributed by atoms with E-state index >= 15 is 0 Å². The van der Waals surface area contributed by atoms with Crippen molar-refractivity contribution in [2.24, 2.45) is 5.92 Å². The van der Waals surface area contributed by atoms with Crippen LogP contribution in [0.2, 0.25) is 0 Å². The Labute approximate surface area is 114 Å². The van der Waals surface area contributed by atoms with E-state index in [9.17, 15) is 0 Å². The SMILES string of the molecule is CNC(c1ccccc1)C1COc2ccccc2C1. The number of para-hydroxylation sites is 1. The number of hydrogen-bond acceptors (Lipinski definition) is 2. The Morgan fingerprint density at radius 3 is 2.58 bits per heavy atom. The van der Waals surface area contributed by atoms with E-state index in [4.69, 9.17) is 4.74 Å². The summed E-state index contributed by atoms with van der Waals surface area (Å²) in [4.78, 5) is 0. The van der Waals surface area contributed by atoms with E-state index < -0.39 is 0 Å². The van der Waals surface area contributed by atoms with Crippen LogP contribution < -0.4 is 10.1 Å². The highest BCUT2D eigenvalue weighted by Crippen LogP contribution is 2.33. The van der Waals surface area contributed by atoms with E-state index in [0.717, 1.165) is 18.8 Å². The maximum atomic E-state index is 5.90. The Bertz CT molecular complexity index is 538. The third kappa shape index (κ3) is 2.49. The van der Waals surface area contributed by atoms with Gasteiger partial charge in [0.1, 0.15) is 5.75 Å². The molecule has 2 atom stereocenters. The molecule has 3 rings (SSSR count). The molecule has 0 saturated carbocycles. The number of fused-ring (bicyclic) bond motifs is 1. The second-order valence-electron chi connectivity index (χ2n) is 5.06. The summed E-state index contributed by atoms with van der Waals surface area (Å²) in [6.45, 7) is 0.775. The monoisotopic (exact) mass is 253 g/mol. The van der Waals surface area contributed by atoms with Crippen molar-refractivity contribution < 1.29 is 4.74 Å². The second-order valence-corrected chi connectivity index (χ2v) is 5.06. The summed E-state index contributed by atoms with van der Waals surface area (Å²) in [6, 6.07) is 19.3. The van der Waals surface area contributed by atoms with Crippen molar-refractivity contribution in [3.63, 3.8) is 0 Å². The number of benzene rings is 2. The number of nitrogens with one attached hydrogen (secondary N) is 1. The molecular weight excluding hydrogens is 234 g/mol. The smallest absolute Gasteiger partial charge is 0.122 e. The zero-order valence-electron chi connectivity index (χ0n) is 11.2. The average Bonchev–Trinajstić information content (AvgIpc) is 2.49. The molecule has 0 aliphatic carbocycles. The van der Waals surface area contributed by atoms with Gasteiger partial charge in [0, 0.05) is 12.0 Å². The highest BCUT2D eigenvalue weighted by atomic mass is 16.5. The minimum Gasteiger partial charge on any atom is -0.493 e. The van der Waals surface area contributed by atoms with E-state index in [-0.39, 0.29) is 0 Å². The molecule has 0 bridgehead atoms. The topological polar surface area (TPSA) is 21.3 Å². The first kappa shape index (κ1) is 12.2. The Morgan fingerprint density at radius 1 is 1.05 bits per heavy atom. The maximum absolute atomic E-state index is 5.90. The summed E-state index contributed by atoms with van der Waals surface area (Å²) in [6.07, 6.45) is 1.07. The van der Waals surface area contributed by atoms with E-state index in [1.807, 2.05) is 13.1 Å². The first-order valence-corrected chi connectivity index (χ1v) is 6.81. The molecule has 1 aliphatic rings. The molecule has 1 aliphatic heterocycles. The molecule has 2 heteroatoms. The first-order chi connectivity index (χ1) is 9.38. The zero-order chi connectivity index (χ0) is 13.1. The zero-order valence-corrected chi connectivity index (χ0v) is 11.2. The maximum Gasteiger partial charge on any atom is 0.122 e. The fourth-order valence-electron chi connectivity index (χ4n) is 2.90. The molecule has 0 spiro atoms. The molecule has 2 aromatic rings. The summed E-state index contributed by atoms with van der Waals surface area (Å²) in [5.41, 5.74) is 2.65. The normalized spacial score (nSPS) is 19.3. The van der Waals surface area contributed by atoms with Gasteiger partial charge in [0.05, 0.1) is 6.61 Å². The van der Waals surface area contributed by atoms with Gasteiger partial charge in [0.15, 0.2) is 0 Å². The van der Waals surface area contributed by atoms with Crippen LogP contribution in [0.5, 0.6) is 5.75 Å². The van der Waals surface area contributed by atoms with E-state index in [0.29, 0.717) is 12.0 Å². The molecular formula is C17H19NO. The van der Waals surface area contributed by atoms with Gasteiger partial charge >= 0.3 is 0 Å². The van der Waals surface area contributed by atoms with Crippen LogP contribution in [0.4, 0.5) is 0 Å². The molecule has 0 fully saturated rings. The Kier molecular flexibility index (Phi) is 3.51. The summed E-state index contributed by atoms with van der Waals surface area (Å²) >= 11 is 0. The molecule has 0 aromatic heterocycles. The van der Waals surface area contributed by atoms with Crippen molar-refractivity contribution >= 4 is 0 Å². The summed E-state index contributed by atoms with van der Waals surface area (Å²) in [5, 5.41) is 3.44. The molecule has 2 aromatic carbocycles. The van der Waals surface area contributed by atoms with Crippen LogP contribution in [0.3, 0.4) is 0 Å². The van der Waals surface area contributed by atoms with Gasteiger partial charge in [0.25, 0.3) is 0 Å². The molecule has 2 nitrogen and oxygen atoms in total. The van der Waals surface area contributed by atoms with Crippen LogP contribution >= 0.6 is 0 Å². The summed E-state index contributed by atoms with van der Waals surface area (Å²) in [5.74, 6) is 1.52. The molecule has 1 heterocycles. The third-order valence-corrected chi connectivity index (χ3v) is 3.85. The van der Waals surface area contributed by atoms with Crippen LogP contribution in [0.25, 0.3) is 0 Å². The standard InChI is InChI=1S/C17H19NO/c1-18-17(13-7-3-2-4-8-13)15-11-14-9-5-6-10-16(14)19-12-15/h2-10,15,17-18H,11-12H2,1H3. The highest BCUT2D eigenvalue weighted by Gasteiger charge is 2.27. The van der Waals surface area contributed by atoms with Crippen molar-refractivity contribution in [2.45, 2.75) is 12.5 Å². The Balaban J connectivity index is 1.83. The average molecular weight is 253 g/mol. The summed E-state index contributed by atoms with van der Waals surface area (Å²) < 4.78 is 5.90. The van der Waals surface area contributed by atoms with Gasteiger partial charge < -0.3 is 10.1 Å². The van der Waals surface area contributed by atoms with Crippen LogP contribution in [-0.4, -0.2) is 13.7 Å². The quantitative estimate of drug-likeness (QED) is 0.907. The fourth-order valence-corrected chi connectivity index (χ4v) is 2.90. The minimum absolute atomic E-state index is 0.342. The fraction of sp³-hybridized carbons (Fsp3) is 0.294. The molecule has 2 unspecified atom stereocenters. The van der Waals surface area contributed by atoms with Crippen molar-refractivity contribution in [2.75, 3.05) is 13.7 Å². The van der Waals surface area contributed by atoms with Crippen LogP contribution in [0, 0.1) is 5.92 Å². The van der Waals surface area contributed by atoms with Gasteiger partial charge in [-0.15, -0.1) is 0 Å². The lowest BCUT2D eigenvalue weighted by molar-refractivity contribution is 0.188. The second kappa shape index (κ2) is 5.45. The van der Waals surface area contributed by atoms with Gasteiger partial charge in [-0.25, -0.2) is 0 Å². The van der Waals surface area contributed by atoms with Gasteiger partial charge in [-0.05, 0) is 30.7 Å². The lowest BCUT2D eigenvalue weighted by Gasteiger charge is -2.31. The lowest BCUT2D eigenvalue weighted by Crippen LogP contribution is -2.33. The lowest BCUT2D eigenvalue weighted by atomic mass is 9.86. The largest absolute Gasteiger partial charge is 0.493 e. The van der Waals surface area contributed by atoms with Gasteiger partial charge in [-0.2, -0.15) is 0 Å². The van der Waals surface area contributed by atoms with Crippen molar-refractivity contribution in [1.29, 1.82) is 0 Å². The molecule has 98 valence electrons. The van der Waals surface area contributed by atoms with Gasteiger partial charge in [-0.3, -0.25) is 0 Å². The van der Waals surface area contributed by atoms with E-state index in [1.54, 1.807) is 0 Å². The molecule has 0 radical (unpaired) electrons. The number of ether oxygens (including phenoxy) is 1. The van der Waals surface area contributed by atoms with Crippen LogP contribution in [-0.2, 0) is 6.42 Å². The summed E-state index contributed by atoms with van der Waals surface area (Å²) in [7, 11) is 2.03. The van der Waals surface area contributed by atoms with Crippen LogP contribution in [0.1, 0.15) is 17.2 Å². The first-order valence-electron chi connectivity index (χ1n) is 6.81. The molecule has 1 N–H and O–H groups in total. The Morgan fingerprint density at radius 2 is 1.79 bits per heavy atom. The minimum atomic E-state index is 0.342. The van der Waals surface area contributed by atoms with Crippen molar-refractivity contribution in [3.8, 4) is 5.75 Å². The molecule has 19 heavy (non-hydrogen) atoms. The van der Waals surface area contributed by atoms with Gasteiger partial charge in [0.2, 0.25) is 0 Å².